The molecule has 0 radical (unpaired) electrons. The minimum Gasteiger partial charge on any atom is -0.744 e. The van der Waals surface area contributed by atoms with Crippen LogP contribution in [0.3, 0.4) is 0 Å². The van der Waals surface area contributed by atoms with Crippen LogP contribution in [0, 0.1) is 0 Å². The van der Waals surface area contributed by atoms with E-state index in [1.54, 1.807) is 19.1 Å². The Bertz CT molecular complexity index is 552. The van der Waals surface area contributed by atoms with Gasteiger partial charge in [0.1, 0.15) is 10.1 Å². The van der Waals surface area contributed by atoms with Gasteiger partial charge in [-0.1, -0.05) is 18.7 Å². The number of nitrogens with one attached hydrogen (secondary N) is 1. The predicted molar refractivity (Wildman–Crippen MR) is 65.9 cm³/mol. The Morgan fingerprint density at radius 2 is 1.84 bits per heavy atom. The standard InChI is InChI=1S/C12H15NO4S.Na/c1-9(2)12(14)13-8-7-10-3-5-11(6-4-10)18(15,16)17;/h3-6H,1,7-8H2,2H3,(H,13,14)(H,15,16,17);/q;+1/p-1. The van der Waals surface area contributed by atoms with Gasteiger partial charge in [0.15, 0.2) is 0 Å². The third-order valence-electron chi connectivity index (χ3n) is 2.30. The van der Waals surface area contributed by atoms with Crippen LogP contribution in [-0.2, 0) is 21.3 Å². The molecule has 7 heteroatoms. The van der Waals surface area contributed by atoms with Crippen molar-refractivity contribution in [3.8, 4) is 0 Å². The second-order valence-electron chi connectivity index (χ2n) is 3.88. The van der Waals surface area contributed by atoms with E-state index in [0.717, 1.165) is 5.56 Å². The van der Waals surface area contributed by atoms with E-state index in [-0.39, 0.29) is 40.4 Å². The predicted octanol–water partition coefficient (Wildman–Crippen LogP) is -2.17. The van der Waals surface area contributed by atoms with E-state index in [0.29, 0.717) is 18.5 Å². The fourth-order valence-electron chi connectivity index (χ4n) is 1.29. The first-order chi connectivity index (χ1) is 8.30. The zero-order chi connectivity index (χ0) is 13.8. The Balaban J connectivity index is 0.00000324. The third-order valence-corrected chi connectivity index (χ3v) is 3.15. The van der Waals surface area contributed by atoms with Gasteiger partial charge in [-0.05, 0) is 31.0 Å². The Morgan fingerprint density at radius 3 is 2.26 bits per heavy atom. The summed E-state index contributed by atoms with van der Waals surface area (Å²) in [6.45, 7) is 5.55. The molecule has 98 valence electrons. The molecule has 0 saturated heterocycles. The first-order valence-corrected chi connectivity index (χ1v) is 6.70. The molecule has 1 N–H and O–H groups in total. The van der Waals surface area contributed by atoms with Crippen LogP contribution in [0.2, 0.25) is 0 Å². The number of hydrogen-bond acceptors (Lipinski definition) is 4. The summed E-state index contributed by atoms with van der Waals surface area (Å²) in [4.78, 5) is 10.9. The number of benzene rings is 1. The zero-order valence-electron chi connectivity index (χ0n) is 11.0. The van der Waals surface area contributed by atoms with Crippen LogP contribution in [0.1, 0.15) is 12.5 Å². The molecule has 1 aromatic carbocycles. The summed E-state index contributed by atoms with van der Waals surface area (Å²) in [5.41, 5.74) is 1.27. The third kappa shape index (κ3) is 6.35. The number of carbonyl (C=O) groups is 1. The van der Waals surface area contributed by atoms with E-state index in [1.165, 1.54) is 12.1 Å². The molecule has 5 nitrogen and oxygen atoms in total. The van der Waals surface area contributed by atoms with Crippen LogP contribution < -0.4 is 34.9 Å². The molecule has 19 heavy (non-hydrogen) atoms. The molecular weight excluding hydrogens is 277 g/mol. The molecule has 1 amide bonds. The summed E-state index contributed by atoms with van der Waals surface area (Å²) >= 11 is 0. The van der Waals surface area contributed by atoms with Crippen molar-refractivity contribution in [3.63, 3.8) is 0 Å². The maximum absolute atomic E-state index is 11.2. The van der Waals surface area contributed by atoms with Crippen molar-refractivity contribution < 1.29 is 47.3 Å². The molecule has 0 aliphatic rings. The Kier molecular flexibility index (Phi) is 7.54. The fraction of sp³-hybridized carbons (Fsp3) is 0.250. The van der Waals surface area contributed by atoms with Crippen molar-refractivity contribution >= 4 is 16.0 Å². The van der Waals surface area contributed by atoms with Gasteiger partial charge in [0.25, 0.3) is 0 Å². The molecule has 0 aromatic heterocycles. The SMILES string of the molecule is C=C(C)C(=O)NCCc1ccc(S(=O)(=O)[O-])cc1.[Na+]. The fourth-order valence-corrected chi connectivity index (χ4v) is 1.76. The van der Waals surface area contributed by atoms with Crippen LogP contribution in [0.25, 0.3) is 0 Å². The molecule has 0 heterocycles. The maximum atomic E-state index is 11.2. The Hall–Kier alpha value is -0.660. The molecule has 0 aliphatic heterocycles. The summed E-state index contributed by atoms with van der Waals surface area (Å²) in [5, 5.41) is 2.66. The number of hydrogen-bond donors (Lipinski definition) is 1. The number of rotatable bonds is 5. The molecule has 0 aliphatic carbocycles. The monoisotopic (exact) mass is 291 g/mol. The van der Waals surface area contributed by atoms with Crippen molar-refractivity contribution in [1.82, 2.24) is 5.32 Å². The van der Waals surface area contributed by atoms with Crippen LogP contribution >= 0.6 is 0 Å². The molecule has 0 bridgehead atoms. The average Bonchev–Trinajstić information content (AvgIpc) is 2.28. The molecule has 0 atom stereocenters. The second-order valence-corrected chi connectivity index (χ2v) is 5.26. The summed E-state index contributed by atoms with van der Waals surface area (Å²) < 4.78 is 32.1. The van der Waals surface area contributed by atoms with Gasteiger partial charge >= 0.3 is 29.6 Å². The first-order valence-electron chi connectivity index (χ1n) is 5.29. The van der Waals surface area contributed by atoms with Crippen molar-refractivity contribution in [2.75, 3.05) is 6.54 Å². The molecule has 1 rings (SSSR count). The van der Waals surface area contributed by atoms with Crippen LogP contribution in [-0.4, -0.2) is 25.4 Å². The molecule has 0 saturated carbocycles. The van der Waals surface area contributed by atoms with Crippen LogP contribution in [0.4, 0.5) is 0 Å². The summed E-state index contributed by atoms with van der Waals surface area (Å²) in [6, 6.07) is 5.63. The first kappa shape index (κ1) is 18.3. The van der Waals surface area contributed by atoms with Crippen molar-refractivity contribution in [1.29, 1.82) is 0 Å². The average molecular weight is 291 g/mol. The van der Waals surface area contributed by atoms with Gasteiger partial charge in [-0.25, -0.2) is 8.42 Å². The summed E-state index contributed by atoms with van der Waals surface area (Å²) in [7, 11) is -4.40. The topological polar surface area (TPSA) is 86.3 Å². The molecular formula is C12H14NNaO4S. The molecule has 0 spiro atoms. The zero-order valence-corrected chi connectivity index (χ0v) is 13.8. The van der Waals surface area contributed by atoms with Gasteiger partial charge in [-0.3, -0.25) is 4.79 Å². The normalized spacial score (nSPS) is 10.4. The van der Waals surface area contributed by atoms with Crippen LogP contribution in [0.15, 0.2) is 41.3 Å². The van der Waals surface area contributed by atoms with Crippen LogP contribution in [0.5, 0.6) is 0 Å². The molecule has 1 aromatic rings. The Morgan fingerprint density at radius 1 is 1.32 bits per heavy atom. The minimum absolute atomic E-state index is 0. The van der Waals surface area contributed by atoms with Gasteiger partial charge in [0.05, 0.1) is 4.90 Å². The van der Waals surface area contributed by atoms with Crippen molar-refractivity contribution in [2.45, 2.75) is 18.2 Å². The summed E-state index contributed by atoms with van der Waals surface area (Å²) in [5.74, 6) is -0.214. The van der Waals surface area contributed by atoms with Gasteiger partial charge in [0, 0.05) is 12.1 Å². The second kappa shape index (κ2) is 7.81. The van der Waals surface area contributed by atoms with Gasteiger partial charge in [-0.2, -0.15) is 0 Å². The van der Waals surface area contributed by atoms with E-state index in [9.17, 15) is 17.8 Å². The smallest absolute Gasteiger partial charge is 0.744 e. The van der Waals surface area contributed by atoms with E-state index in [2.05, 4.69) is 11.9 Å². The largest absolute Gasteiger partial charge is 1.00 e. The molecule has 0 unspecified atom stereocenters. The number of carbonyl (C=O) groups excluding carboxylic acids is 1. The molecule has 0 fully saturated rings. The van der Waals surface area contributed by atoms with E-state index in [4.69, 9.17) is 0 Å². The van der Waals surface area contributed by atoms with E-state index >= 15 is 0 Å². The van der Waals surface area contributed by atoms with Gasteiger partial charge in [0.2, 0.25) is 5.91 Å². The summed E-state index contributed by atoms with van der Waals surface area (Å²) in [6.07, 6.45) is 0.554. The number of amides is 1. The van der Waals surface area contributed by atoms with E-state index in [1.807, 2.05) is 0 Å². The minimum atomic E-state index is -4.40. The van der Waals surface area contributed by atoms with Crippen molar-refractivity contribution in [3.05, 3.63) is 42.0 Å². The maximum Gasteiger partial charge on any atom is 1.00 e. The van der Waals surface area contributed by atoms with E-state index < -0.39 is 10.1 Å². The van der Waals surface area contributed by atoms with Gasteiger partial charge < -0.3 is 9.87 Å². The van der Waals surface area contributed by atoms with Crippen molar-refractivity contribution in [2.24, 2.45) is 0 Å². The quantitative estimate of drug-likeness (QED) is 0.380. The van der Waals surface area contributed by atoms with Gasteiger partial charge in [-0.15, -0.1) is 0 Å². The Labute approximate surface area is 135 Å².